The molecule has 0 bridgehead atoms. The lowest BCUT2D eigenvalue weighted by Crippen LogP contribution is -2.08. The van der Waals surface area contributed by atoms with E-state index in [1.165, 1.54) is 25.2 Å². The third-order valence-electron chi connectivity index (χ3n) is 2.12. The molecule has 74 valence electrons. The molecule has 0 amide bonds. The Morgan fingerprint density at radius 1 is 1.57 bits per heavy atom. The fourth-order valence-corrected chi connectivity index (χ4v) is 1.13. The molecule has 0 radical (unpaired) electrons. The first-order chi connectivity index (χ1) is 6.75. The number of rotatable bonds is 4. The van der Waals surface area contributed by atoms with Crippen LogP contribution in [0.1, 0.15) is 23.3 Å². The van der Waals surface area contributed by atoms with E-state index in [-0.39, 0.29) is 5.69 Å². The Morgan fingerprint density at radius 2 is 2.36 bits per heavy atom. The van der Waals surface area contributed by atoms with Crippen LogP contribution in [-0.2, 0) is 0 Å². The number of nitrogens with one attached hydrogen (secondary N) is 1. The Labute approximate surface area is 81.2 Å². The van der Waals surface area contributed by atoms with Crippen molar-refractivity contribution < 1.29 is 9.90 Å². The molecule has 0 aromatic carbocycles. The number of hydrogen-bond donors (Lipinski definition) is 2. The van der Waals surface area contributed by atoms with E-state index in [9.17, 15) is 4.79 Å². The summed E-state index contributed by atoms with van der Waals surface area (Å²) in [5, 5.41) is 11.7. The Hall–Kier alpha value is -1.65. The maximum absolute atomic E-state index is 10.6. The van der Waals surface area contributed by atoms with E-state index in [2.05, 4.69) is 15.3 Å². The van der Waals surface area contributed by atoms with Crippen LogP contribution in [-0.4, -0.2) is 27.6 Å². The van der Waals surface area contributed by atoms with Crippen LogP contribution in [0.2, 0.25) is 0 Å². The number of nitrogens with zero attached hydrogens (tertiary/aromatic N) is 2. The summed E-state index contributed by atoms with van der Waals surface area (Å²) in [6, 6.07) is 0. The third-order valence-corrected chi connectivity index (χ3v) is 2.12. The van der Waals surface area contributed by atoms with Crippen molar-refractivity contribution in [1.82, 2.24) is 9.97 Å². The molecular weight excluding hydrogens is 182 g/mol. The topological polar surface area (TPSA) is 75.1 Å². The van der Waals surface area contributed by atoms with Gasteiger partial charge in [0.1, 0.15) is 5.82 Å². The van der Waals surface area contributed by atoms with E-state index >= 15 is 0 Å². The van der Waals surface area contributed by atoms with E-state index in [1.807, 2.05) is 0 Å². The van der Waals surface area contributed by atoms with Gasteiger partial charge < -0.3 is 10.4 Å². The molecule has 0 unspecified atom stereocenters. The highest BCUT2D eigenvalue weighted by Gasteiger charge is 2.20. The average Bonchev–Trinajstić information content (AvgIpc) is 2.99. The van der Waals surface area contributed by atoms with Gasteiger partial charge in [0.2, 0.25) is 0 Å². The van der Waals surface area contributed by atoms with E-state index in [0.717, 1.165) is 12.5 Å². The average molecular weight is 193 g/mol. The number of aromatic carboxylic acids is 1. The van der Waals surface area contributed by atoms with Crippen LogP contribution in [0, 0.1) is 5.92 Å². The molecule has 0 atom stereocenters. The van der Waals surface area contributed by atoms with Gasteiger partial charge in [-0.25, -0.2) is 9.78 Å². The molecule has 1 aliphatic carbocycles. The van der Waals surface area contributed by atoms with E-state index in [1.54, 1.807) is 0 Å². The van der Waals surface area contributed by atoms with Gasteiger partial charge in [0.15, 0.2) is 5.69 Å². The second-order valence-corrected chi connectivity index (χ2v) is 3.42. The van der Waals surface area contributed by atoms with Crippen LogP contribution in [0.5, 0.6) is 0 Å². The first-order valence-electron chi connectivity index (χ1n) is 4.55. The van der Waals surface area contributed by atoms with Gasteiger partial charge in [0.05, 0.1) is 12.4 Å². The molecule has 5 heteroatoms. The minimum absolute atomic E-state index is 0.0224. The molecule has 0 aliphatic heterocycles. The Morgan fingerprint density at radius 3 is 3.00 bits per heavy atom. The minimum Gasteiger partial charge on any atom is -0.476 e. The normalized spacial score (nSPS) is 15.1. The standard InChI is InChI=1S/C9H11N3O2/c13-9(14)7-4-10-5-8(12-7)11-3-6-1-2-6/h4-6H,1-3H2,(H,11,12)(H,13,14). The highest BCUT2D eigenvalue weighted by Crippen LogP contribution is 2.28. The summed E-state index contributed by atoms with van der Waals surface area (Å²) < 4.78 is 0. The Kier molecular flexibility index (Phi) is 2.30. The largest absolute Gasteiger partial charge is 0.476 e. The van der Waals surface area contributed by atoms with Crippen LogP contribution >= 0.6 is 0 Å². The lowest BCUT2D eigenvalue weighted by molar-refractivity contribution is 0.0690. The van der Waals surface area contributed by atoms with Gasteiger partial charge in [-0.1, -0.05) is 0 Å². The Bertz CT molecular complexity index is 350. The van der Waals surface area contributed by atoms with Crippen molar-refractivity contribution in [2.75, 3.05) is 11.9 Å². The molecule has 1 aliphatic rings. The summed E-state index contributed by atoms with van der Waals surface area (Å²) in [5.74, 6) is 0.217. The van der Waals surface area contributed by atoms with Gasteiger partial charge in [0, 0.05) is 6.54 Å². The molecule has 2 N–H and O–H groups in total. The molecule has 0 saturated heterocycles. The first kappa shape index (κ1) is 8.93. The van der Waals surface area contributed by atoms with Crippen LogP contribution in [0.25, 0.3) is 0 Å². The van der Waals surface area contributed by atoms with Crippen LogP contribution in [0.3, 0.4) is 0 Å². The second-order valence-electron chi connectivity index (χ2n) is 3.42. The van der Waals surface area contributed by atoms with Crippen LogP contribution in [0.15, 0.2) is 12.4 Å². The molecule has 1 fully saturated rings. The van der Waals surface area contributed by atoms with Gasteiger partial charge >= 0.3 is 5.97 Å². The Balaban J connectivity index is 2.01. The molecule has 1 heterocycles. The van der Waals surface area contributed by atoms with Crippen LogP contribution in [0.4, 0.5) is 5.82 Å². The molecule has 1 saturated carbocycles. The predicted octanol–water partition coefficient (Wildman–Crippen LogP) is 0.997. The lowest BCUT2D eigenvalue weighted by atomic mass is 10.4. The summed E-state index contributed by atoms with van der Waals surface area (Å²) in [6.07, 6.45) is 5.28. The fraction of sp³-hybridized carbons (Fsp3) is 0.444. The monoisotopic (exact) mass is 193 g/mol. The summed E-state index contributed by atoms with van der Waals surface area (Å²) in [7, 11) is 0. The molecule has 14 heavy (non-hydrogen) atoms. The van der Waals surface area contributed by atoms with Crippen molar-refractivity contribution in [1.29, 1.82) is 0 Å². The maximum atomic E-state index is 10.6. The summed E-state index contributed by atoms with van der Waals surface area (Å²) in [5.41, 5.74) is -0.0224. The van der Waals surface area contributed by atoms with Crippen molar-refractivity contribution >= 4 is 11.8 Å². The minimum atomic E-state index is -1.05. The quantitative estimate of drug-likeness (QED) is 0.746. The number of carbonyl (C=O) groups is 1. The lowest BCUT2D eigenvalue weighted by Gasteiger charge is -2.03. The van der Waals surface area contributed by atoms with E-state index < -0.39 is 5.97 Å². The van der Waals surface area contributed by atoms with Crippen molar-refractivity contribution in [3.8, 4) is 0 Å². The van der Waals surface area contributed by atoms with Crippen molar-refractivity contribution in [2.24, 2.45) is 5.92 Å². The maximum Gasteiger partial charge on any atom is 0.356 e. The van der Waals surface area contributed by atoms with Gasteiger partial charge in [-0.15, -0.1) is 0 Å². The summed E-state index contributed by atoms with van der Waals surface area (Å²) in [6.45, 7) is 0.859. The SMILES string of the molecule is O=C(O)c1cncc(NCC2CC2)n1. The fourth-order valence-electron chi connectivity index (χ4n) is 1.13. The van der Waals surface area contributed by atoms with Gasteiger partial charge in [-0.05, 0) is 18.8 Å². The highest BCUT2D eigenvalue weighted by molar-refractivity contribution is 5.85. The molecule has 1 aromatic rings. The van der Waals surface area contributed by atoms with Crippen LogP contribution < -0.4 is 5.32 Å². The third kappa shape index (κ3) is 2.18. The number of carboxylic acid groups (broad SMARTS) is 1. The molecular formula is C9H11N3O2. The highest BCUT2D eigenvalue weighted by atomic mass is 16.4. The van der Waals surface area contributed by atoms with Gasteiger partial charge in [-0.3, -0.25) is 4.98 Å². The second kappa shape index (κ2) is 3.61. The molecule has 5 nitrogen and oxygen atoms in total. The first-order valence-corrected chi connectivity index (χ1v) is 4.55. The smallest absolute Gasteiger partial charge is 0.356 e. The number of carboxylic acids is 1. The van der Waals surface area contributed by atoms with Crippen molar-refractivity contribution in [3.05, 3.63) is 18.1 Å². The predicted molar refractivity (Wildman–Crippen MR) is 50.2 cm³/mol. The molecule has 0 spiro atoms. The zero-order chi connectivity index (χ0) is 9.97. The van der Waals surface area contributed by atoms with Gasteiger partial charge in [-0.2, -0.15) is 0 Å². The molecule has 2 rings (SSSR count). The summed E-state index contributed by atoms with van der Waals surface area (Å²) in [4.78, 5) is 18.3. The molecule has 1 aromatic heterocycles. The number of aromatic nitrogens is 2. The summed E-state index contributed by atoms with van der Waals surface area (Å²) >= 11 is 0. The number of hydrogen-bond acceptors (Lipinski definition) is 4. The van der Waals surface area contributed by atoms with E-state index in [0.29, 0.717) is 5.82 Å². The zero-order valence-electron chi connectivity index (χ0n) is 7.60. The zero-order valence-corrected chi connectivity index (χ0v) is 7.60. The van der Waals surface area contributed by atoms with Crippen molar-refractivity contribution in [3.63, 3.8) is 0 Å². The van der Waals surface area contributed by atoms with Gasteiger partial charge in [0.25, 0.3) is 0 Å². The number of anilines is 1. The van der Waals surface area contributed by atoms with E-state index in [4.69, 9.17) is 5.11 Å². The van der Waals surface area contributed by atoms with Crippen molar-refractivity contribution in [2.45, 2.75) is 12.8 Å².